The van der Waals surface area contributed by atoms with Crippen molar-refractivity contribution in [3.63, 3.8) is 0 Å². The third kappa shape index (κ3) is 1.07. The lowest BCUT2D eigenvalue weighted by atomic mass is 9.68. The fourth-order valence-corrected chi connectivity index (χ4v) is 4.03. The molecule has 1 aliphatic carbocycles. The van der Waals surface area contributed by atoms with Gasteiger partial charge in [0.15, 0.2) is 0 Å². The molecule has 0 bridgehead atoms. The normalized spacial score (nSPS) is 46.9. The second-order valence-corrected chi connectivity index (χ2v) is 5.78. The van der Waals surface area contributed by atoms with Gasteiger partial charge in [-0.25, -0.2) is 0 Å². The smallest absolute Gasteiger partial charge is 0.0758 e. The third-order valence-electron chi connectivity index (χ3n) is 3.42. The minimum atomic E-state index is 0.0777. The highest BCUT2D eigenvalue weighted by molar-refractivity contribution is 8.04. The summed E-state index contributed by atoms with van der Waals surface area (Å²) < 4.78 is 0. The van der Waals surface area contributed by atoms with Gasteiger partial charge >= 0.3 is 0 Å². The van der Waals surface area contributed by atoms with Gasteiger partial charge in [-0.1, -0.05) is 24.2 Å². The van der Waals surface area contributed by atoms with Gasteiger partial charge in [-0.3, -0.25) is 0 Å². The van der Waals surface area contributed by atoms with E-state index >= 15 is 0 Å². The minimum absolute atomic E-state index is 0.0777. The van der Waals surface area contributed by atoms with Crippen LogP contribution in [0.2, 0.25) is 5.31 Å². The van der Waals surface area contributed by atoms with Crippen LogP contribution in [-0.4, -0.2) is 13.1 Å². The van der Waals surface area contributed by atoms with Crippen LogP contribution in [0.15, 0.2) is 10.5 Å². The Labute approximate surface area is 80.6 Å². The van der Waals surface area contributed by atoms with E-state index in [4.69, 9.17) is 7.85 Å². The van der Waals surface area contributed by atoms with Crippen LogP contribution in [0, 0.1) is 5.92 Å². The molecule has 0 aromatic rings. The molecule has 0 nitrogen and oxygen atoms in total. The molecule has 2 radical (unpaired) electrons. The largest absolute Gasteiger partial charge is 0.127 e. The van der Waals surface area contributed by atoms with Gasteiger partial charge < -0.3 is 0 Å². The first-order chi connectivity index (χ1) is 5.52. The van der Waals surface area contributed by atoms with Gasteiger partial charge in [0.05, 0.1) is 7.85 Å². The van der Waals surface area contributed by atoms with Crippen LogP contribution in [0.25, 0.3) is 0 Å². The monoisotopic (exact) mass is 178 g/mol. The van der Waals surface area contributed by atoms with E-state index in [0.717, 1.165) is 5.92 Å². The standard InChI is InChI=1S/C10H15BS/c1-6-7(2)12-9-8(6)4-5-10(9,3)11/h8-9H,4-5H2,1-3H3. The second-order valence-electron chi connectivity index (χ2n) is 4.43. The van der Waals surface area contributed by atoms with Crippen LogP contribution < -0.4 is 0 Å². The highest BCUT2D eigenvalue weighted by atomic mass is 32.2. The molecule has 3 atom stereocenters. The Balaban J connectivity index is 2.27. The molecular weight excluding hydrogens is 163 g/mol. The maximum Gasteiger partial charge on any atom is 0.0758 e. The molecule has 0 spiro atoms. The van der Waals surface area contributed by atoms with Gasteiger partial charge in [-0.2, -0.15) is 0 Å². The van der Waals surface area contributed by atoms with E-state index in [2.05, 4.69) is 20.8 Å². The second kappa shape index (κ2) is 2.57. The summed E-state index contributed by atoms with van der Waals surface area (Å²) >= 11 is 2.01. The summed E-state index contributed by atoms with van der Waals surface area (Å²) in [6.45, 7) is 6.71. The Morgan fingerprint density at radius 3 is 2.75 bits per heavy atom. The van der Waals surface area contributed by atoms with Crippen LogP contribution in [0.4, 0.5) is 0 Å². The summed E-state index contributed by atoms with van der Waals surface area (Å²) in [4.78, 5) is 1.52. The molecule has 1 aliphatic heterocycles. The summed E-state index contributed by atoms with van der Waals surface area (Å²) in [7, 11) is 6.24. The van der Waals surface area contributed by atoms with Crippen LogP contribution in [0.1, 0.15) is 33.6 Å². The van der Waals surface area contributed by atoms with Gasteiger partial charge in [-0.15, -0.1) is 11.8 Å². The first kappa shape index (κ1) is 8.74. The molecule has 1 saturated carbocycles. The zero-order valence-corrected chi connectivity index (χ0v) is 8.87. The van der Waals surface area contributed by atoms with Gasteiger partial charge in [0.1, 0.15) is 0 Å². The molecule has 3 unspecified atom stereocenters. The number of hydrogen-bond acceptors (Lipinski definition) is 1. The Hall–Kier alpha value is 0.155. The topological polar surface area (TPSA) is 0 Å². The third-order valence-corrected chi connectivity index (χ3v) is 5.22. The minimum Gasteiger partial charge on any atom is -0.127 e. The number of allylic oxidation sites excluding steroid dienone is 2. The lowest BCUT2D eigenvalue weighted by molar-refractivity contribution is 0.620. The summed E-state index contributed by atoms with van der Waals surface area (Å²) in [5.74, 6) is 0.782. The fourth-order valence-electron chi connectivity index (χ4n) is 2.42. The van der Waals surface area contributed by atoms with Gasteiger partial charge in [-0.05, 0) is 31.1 Å². The Kier molecular flexibility index (Phi) is 1.87. The highest BCUT2D eigenvalue weighted by Gasteiger charge is 2.46. The molecule has 1 heterocycles. The zero-order chi connectivity index (χ0) is 8.93. The maximum absolute atomic E-state index is 6.24. The quantitative estimate of drug-likeness (QED) is 0.513. The number of hydrogen-bond donors (Lipinski definition) is 0. The van der Waals surface area contributed by atoms with Crippen LogP contribution in [0.3, 0.4) is 0 Å². The molecule has 0 N–H and O–H groups in total. The van der Waals surface area contributed by atoms with E-state index in [0.29, 0.717) is 5.25 Å². The van der Waals surface area contributed by atoms with E-state index in [1.165, 1.54) is 17.7 Å². The Morgan fingerprint density at radius 1 is 1.50 bits per heavy atom. The first-order valence-corrected chi connectivity index (χ1v) is 5.53. The lowest BCUT2D eigenvalue weighted by Crippen LogP contribution is -2.19. The van der Waals surface area contributed by atoms with Crippen molar-refractivity contribution in [2.75, 3.05) is 0 Å². The molecule has 2 aliphatic rings. The summed E-state index contributed by atoms with van der Waals surface area (Å²) in [6, 6.07) is 0. The average Bonchev–Trinajstić information content (AvgIpc) is 2.40. The van der Waals surface area contributed by atoms with E-state index in [1.807, 2.05) is 11.8 Å². The fraction of sp³-hybridized carbons (Fsp3) is 0.800. The zero-order valence-electron chi connectivity index (χ0n) is 8.05. The molecule has 2 heteroatoms. The summed E-state index contributed by atoms with van der Waals surface area (Å²) in [6.07, 6.45) is 2.49. The molecule has 2 rings (SSSR count). The number of rotatable bonds is 0. The van der Waals surface area contributed by atoms with E-state index in [9.17, 15) is 0 Å². The first-order valence-electron chi connectivity index (χ1n) is 4.65. The van der Waals surface area contributed by atoms with Crippen molar-refractivity contribution in [1.82, 2.24) is 0 Å². The Bertz CT molecular complexity index is 242. The van der Waals surface area contributed by atoms with E-state index in [-0.39, 0.29) is 5.31 Å². The maximum atomic E-state index is 6.24. The van der Waals surface area contributed by atoms with Crippen molar-refractivity contribution in [2.45, 2.75) is 44.2 Å². The average molecular weight is 178 g/mol. The molecule has 0 amide bonds. The molecular formula is C10H15BS. The van der Waals surface area contributed by atoms with Crippen LogP contribution >= 0.6 is 11.8 Å². The Morgan fingerprint density at radius 2 is 2.17 bits per heavy atom. The number of thioether (sulfide) groups is 1. The van der Waals surface area contributed by atoms with Gasteiger partial charge in [0.2, 0.25) is 0 Å². The van der Waals surface area contributed by atoms with Crippen molar-refractivity contribution in [2.24, 2.45) is 5.92 Å². The SMILES string of the molecule is [B]C1(C)CCC2C(C)=C(C)SC21. The van der Waals surface area contributed by atoms with Gasteiger partial charge in [0.25, 0.3) is 0 Å². The molecule has 1 fully saturated rings. The van der Waals surface area contributed by atoms with Crippen LogP contribution in [-0.2, 0) is 0 Å². The molecule has 12 heavy (non-hydrogen) atoms. The van der Waals surface area contributed by atoms with Crippen LogP contribution in [0.5, 0.6) is 0 Å². The molecule has 0 aromatic heterocycles. The lowest BCUT2D eigenvalue weighted by Gasteiger charge is -2.26. The van der Waals surface area contributed by atoms with Crippen molar-refractivity contribution in [1.29, 1.82) is 0 Å². The summed E-state index contributed by atoms with van der Waals surface area (Å²) in [5, 5.41) is 0.742. The van der Waals surface area contributed by atoms with Crippen molar-refractivity contribution >= 4 is 19.6 Å². The number of fused-ring (bicyclic) bond motifs is 1. The predicted octanol–water partition coefficient (Wildman–Crippen LogP) is 3.15. The molecule has 0 aromatic carbocycles. The molecule has 0 saturated heterocycles. The highest BCUT2D eigenvalue weighted by Crippen LogP contribution is 2.59. The van der Waals surface area contributed by atoms with Gasteiger partial charge in [0, 0.05) is 5.25 Å². The van der Waals surface area contributed by atoms with Crippen molar-refractivity contribution in [3.8, 4) is 0 Å². The van der Waals surface area contributed by atoms with Crippen molar-refractivity contribution < 1.29 is 0 Å². The predicted molar refractivity (Wildman–Crippen MR) is 56.6 cm³/mol. The van der Waals surface area contributed by atoms with E-state index < -0.39 is 0 Å². The van der Waals surface area contributed by atoms with Crippen molar-refractivity contribution in [3.05, 3.63) is 10.5 Å². The summed E-state index contributed by atoms with van der Waals surface area (Å²) in [5.41, 5.74) is 1.60. The van der Waals surface area contributed by atoms with E-state index in [1.54, 1.807) is 5.57 Å². The molecule has 64 valence electrons.